The minimum absolute atomic E-state index is 0.0729. The second kappa shape index (κ2) is 11.9. The van der Waals surface area contributed by atoms with Crippen molar-refractivity contribution in [3.05, 3.63) is 193 Å². The van der Waals surface area contributed by atoms with Crippen molar-refractivity contribution < 1.29 is 0 Å². The van der Waals surface area contributed by atoms with Gasteiger partial charge in [0.1, 0.15) is 18.2 Å². The molecule has 9 aromatic rings. The minimum atomic E-state index is -0.168. The van der Waals surface area contributed by atoms with Gasteiger partial charge < -0.3 is 14.0 Å². The number of amidine groups is 1. The standard InChI is InChI=1S/C46H35N5/c1-49-45(32-17-7-3-8-18-32)47-44(31-15-5-2-6-16-31)48-46(49)33-25-27-35(28-26-33)51-41-24-14-12-22-37(41)39-29-38-36-21-11-13-23-40(36)50(42(38)30-43(39)51)34-19-9-4-10-20-34/h2-30,44,46,48H,1H3. The summed E-state index contributed by atoms with van der Waals surface area (Å²) in [6.45, 7) is 0. The summed E-state index contributed by atoms with van der Waals surface area (Å²) in [5.41, 5.74) is 10.5. The molecule has 0 bridgehead atoms. The lowest BCUT2D eigenvalue weighted by molar-refractivity contribution is 0.257. The van der Waals surface area contributed by atoms with Gasteiger partial charge in [-0.15, -0.1) is 0 Å². The van der Waals surface area contributed by atoms with Gasteiger partial charge in [-0.05, 0) is 59.7 Å². The van der Waals surface area contributed by atoms with E-state index in [1.54, 1.807) is 0 Å². The Bertz CT molecular complexity index is 2730. The van der Waals surface area contributed by atoms with Crippen molar-refractivity contribution in [2.24, 2.45) is 4.99 Å². The minimum Gasteiger partial charge on any atom is -0.340 e. The smallest absolute Gasteiger partial charge is 0.134 e. The van der Waals surface area contributed by atoms with Gasteiger partial charge in [-0.2, -0.15) is 0 Å². The first kappa shape index (κ1) is 29.5. The number of aromatic nitrogens is 2. The van der Waals surface area contributed by atoms with Crippen molar-refractivity contribution in [3.8, 4) is 11.4 Å². The van der Waals surface area contributed by atoms with Crippen molar-refractivity contribution in [1.29, 1.82) is 0 Å². The van der Waals surface area contributed by atoms with Gasteiger partial charge in [0.2, 0.25) is 0 Å². The lowest BCUT2D eigenvalue weighted by Crippen LogP contribution is -2.46. The quantitative estimate of drug-likeness (QED) is 0.200. The van der Waals surface area contributed by atoms with Gasteiger partial charge in [0, 0.05) is 45.5 Å². The predicted molar refractivity (Wildman–Crippen MR) is 211 cm³/mol. The summed E-state index contributed by atoms with van der Waals surface area (Å²) in [5, 5.41) is 8.85. The van der Waals surface area contributed by atoms with Crippen LogP contribution in [-0.2, 0) is 0 Å². The number of para-hydroxylation sites is 3. The van der Waals surface area contributed by atoms with E-state index in [-0.39, 0.29) is 12.3 Å². The van der Waals surface area contributed by atoms with Crippen LogP contribution in [0.3, 0.4) is 0 Å². The fraction of sp³-hybridized carbons (Fsp3) is 0.0652. The summed E-state index contributed by atoms with van der Waals surface area (Å²) in [6.07, 6.45) is -0.241. The predicted octanol–water partition coefficient (Wildman–Crippen LogP) is 10.6. The molecule has 244 valence electrons. The van der Waals surface area contributed by atoms with Crippen LogP contribution in [0.5, 0.6) is 0 Å². The average molecular weight is 658 g/mol. The molecule has 0 spiro atoms. The Labute approximate surface area is 296 Å². The van der Waals surface area contributed by atoms with Crippen LogP contribution in [0.4, 0.5) is 0 Å². The summed E-state index contributed by atoms with van der Waals surface area (Å²) >= 11 is 0. The Morgan fingerprint density at radius 3 is 1.57 bits per heavy atom. The number of nitrogens with zero attached hydrogens (tertiary/aromatic N) is 4. The molecule has 2 unspecified atom stereocenters. The number of hydrogen-bond donors (Lipinski definition) is 1. The molecule has 5 heteroatoms. The summed E-state index contributed by atoms with van der Waals surface area (Å²) in [6, 6.07) is 63.0. The van der Waals surface area contributed by atoms with E-state index in [1.807, 2.05) is 0 Å². The van der Waals surface area contributed by atoms with Crippen molar-refractivity contribution >= 4 is 49.4 Å². The van der Waals surface area contributed by atoms with Crippen LogP contribution in [0.15, 0.2) is 181 Å². The van der Waals surface area contributed by atoms with E-state index in [4.69, 9.17) is 4.99 Å². The Morgan fingerprint density at radius 2 is 0.961 bits per heavy atom. The molecule has 2 aromatic heterocycles. The van der Waals surface area contributed by atoms with Crippen LogP contribution in [0.25, 0.3) is 55.0 Å². The zero-order chi connectivity index (χ0) is 33.9. The van der Waals surface area contributed by atoms with E-state index in [0.717, 1.165) is 28.3 Å². The summed E-state index contributed by atoms with van der Waals surface area (Å²) < 4.78 is 4.82. The zero-order valence-corrected chi connectivity index (χ0v) is 28.2. The molecule has 5 nitrogen and oxygen atoms in total. The first-order valence-electron chi connectivity index (χ1n) is 17.5. The van der Waals surface area contributed by atoms with E-state index in [1.165, 1.54) is 49.2 Å². The SMILES string of the molecule is CN1C(c2ccccc2)=NC(c2ccccc2)NC1c1ccc(-n2c3ccccc3c3cc4c5ccccc5n(-c5ccccc5)c4cc32)cc1. The Hall–Kier alpha value is -6.43. The second-order valence-electron chi connectivity index (χ2n) is 13.3. The lowest BCUT2D eigenvalue weighted by Gasteiger charge is -2.39. The molecule has 0 aliphatic carbocycles. The Kier molecular flexibility index (Phi) is 6.86. The van der Waals surface area contributed by atoms with Crippen molar-refractivity contribution in [2.75, 3.05) is 7.05 Å². The molecule has 0 radical (unpaired) electrons. The van der Waals surface area contributed by atoms with Crippen LogP contribution in [0.2, 0.25) is 0 Å². The number of benzene rings is 7. The normalized spacial score (nSPS) is 16.3. The number of aliphatic imine (C=N–C) groups is 1. The molecule has 2 atom stereocenters. The maximum Gasteiger partial charge on any atom is 0.134 e. The van der Waals surface area contributed by atoms with Gasteiger partial charge in [-0.1, -0.05) is 127 Å². The molecule has 1 aliphatic rings. The third kappa shape index (κ3) is 4.78. The third-order valence-corrected chi connectivity index (χ3v) is 10.4. The van der Waals surface area contributed by atoms with Crippen LogP contribution < -0.4 is 5.32 Å². The molecule has 0 saturated carbocycles. The lowest BCUT2D eigenvalue weighted by atomic mass is 10.1. The van der Waals surface area contributed by atoms with E-state index >= 15 is 0 Å². The highest BCUT2D eigenvalue weighted by Gasteiger charge is 2.30. The summed E-state index contributed by atoms with van der Waals surface area (Å²) in [5.74, 6) is 0.970. The third-order valence-electron chi connectivity index (χ3n) is 10.4. The highest BCUT2D eigenvalue weighted by molar-refractivity contribution is 6.19. The molecule has 3 heterocycles. The monoisotopic (exact) mass is 657 g/mol. The van der Waals surface area contributed by atoms with Crippen LogP contribution in [0.1, 0.15) is 29.0 Å². The van der Waals surface area contributed by atoms with Crippen molar-refractivity contribution in [1.82, 2.24) is 19.4 Å². The molecular formula is C46H35N5. The molecule has 0 fully saturated rings. The van der Waals surface area contributed by atoms with Gasteiger partial charge in [0.05, 0.1) is 22.1 Å². The number of nitrogens with one attached hydrogen (secondary N) is 1. The molecular weight excluding hydrogens is 623 g/mol. The van der Waals surface area contributed by atoms with Gasteiger partial charge in [-0.25, -0.2) is 4.99 Å². The highest BCUT2D eigenvalue weighted by Crippen LogP contribution is 2.40. The summed E-state index contributed by atoms with van der Waals surface area (Å²) in [4.78, 5) is 7.45. The van der Waals surface area contributed by atoms with E-state index < -0.39 is 0 Å². The molecule has 7 aromatic carbocycles. The molecule has 51 heavy (non-hydrogen) atoms. The van der Waals surface area contributed by atoms with E-state index in [2.05, 4.69) is 202 Å². The summed E-state index contributed by atoms with van der Waals surface area (Å²) in [7, 11) is 2.13. The van der Waals surface area contributed by atoms with Crippen molar-refractivity contribution in [2.45, 2.75) is 12.3 Å². The topological polar surface area (TPSA) is 37.5 Å². The van der Waals surface area contributed by atoms with Gasteiger partial charge in [-0.3, -0.25) is 5.32 Å². The van der Waals surface area contributed by atoms with Gasteiger partial charge >= 0.3 is 0 Å². The van der Waals surface area contributed by atoms with E-state index in [0.29, 0.717) is 0 Å². The zero-order valence-electron chi connectivity index (χ0n) is 28.2. The number of hydrogen-bond acceptors (Lipinski definition) is 3. The Balaban J connectivity index is 1.12. The van der Waals surface area contributed by atoms with Crippen LogP contribution >= 0.6 is 0 Å². The van der Waals surface area contributed by atoms with Crippen LogP contribution in [-0.4, -0.2) is 26.9 Å². The Morgan fingerprint density at radius 1 is 0.451 bits per heavy atom. The molecule has 10 rings (SSSR count). The van der Waals surface area contributed by atoms with Crippen molar-refractivity contribution in [3.63, 3.8) is 0 Å². The first-order chi connectivity index (χ1) is 25.2. The molecule has 0 saturated heterocycles. The fourth-order valence-corrected chi connectivity index (χ4v) is 8.00. The fourth-order valence-electron chi connectivity index (χ4n) is 8.00. The average Bonchev–Trinajstić information content (AvgIpc) is 3.70. The molecule has 1 N–H and O–H groups in total. The largest absolute Gasteiger partial charge is 0.340 e. The van der Waals surface area contributed by atoms with Crippen LogP contribution in [0, 0.1) is 0 Å². The number of rotatable bonds is 5. The maximum atomic E-state index is 5.20. The number of fused-ring (bicyclic) bond motifs is 6. The molecule has 1 aliphatic heterocycles. The van der Waals surface area contributed by atoms with E-state index in [9.17, 15) is 0 Å². The molecule has 0 amide bonds. The first-order valence-corrected chi connectivity index (χ1v) is 17.5. The van der Waals surface area contributed by atoms with Gasteiger partial charge in [0.15, 0.2) is 0 Å². The van der Waals surface area contributed by atoms with Gasteiger partial charge in [0.25, 0.3) is 0 Å². The highest BCUT2D eigenvalue weighted by atomic mass is 15.4. The maximum absolute atomic E-state index is 5.20. The second-order valence-corrected chi connectivity index (χ2v) is 13.3.